The third-order valence-electron chi connectivity index (χ3n) is 6.64. The van der Waals surface area contributed by atoms with Gasteiger partial charge in [0, 0.05) is 45.7 Å². The standard InChI is InChI=1S/C26H28N6O3S.H2/c1-19-4-3-5-21-11-13-32(25(19)21)20(2)26(33)31-16-14-30(15-17-31)22-6-8-23(9-7-22)36(34,35)29-24-10-12-27-18-28-24;/h3-13,18,20H,14-17H2,1-2H3,(H,27,28,29);1H. The van der Waals surface area contributed by atoms with Crippen molar-refractivity contribution < 1.29 is 14.6 Å². The van der Waals surface area contributed by atoms with E-state index in [4.69, 9.17) is 0 Å². The molecule has 0 spiro atoms. The molecule has 10 heteroatoms. The maximum absolute atomic E-state index is 13.3. The van der Waals surface area contributed by atoms with Crippen molar-refractivity contribution in [1.82, 2.24) is 19.4 Å². The smallest absolute Gasteiger partial charge is 0.263 e. The van der Waals surface area contributed by atoms with E-state index < -0.39 is 10.0 Å². The molecule has 0 aliphatic carbocycles. The molecule has 0 saturated carbocycles. The van der Waals surface area contributed by atoms with Crippen LogP contribution >= 0.6 is 0 Å². The van der Waals surface area contributed by atoms with Gasteiger partial charge < -0.3 is 14.4 Å². The van der Waals surface area contributed by atoms with Gasteiger partial charge in [0.2, 0.25) is 5.91 Å². The van der Waals surface area contributed by atoms with E-state index in [9.17, 15) is 13.2 Å². The maximum atomic E-state index is 13.3. The van der Waals surface area contributed by atoms with Crippen LogP contribution in [0.5, 0.6) is 0 Å². The summed E-state index contributed by atoms with van der Waals surface area (Å²) in [6.45, 7) is 6.59. The number of aryl methyl sites for hydroxylation is 1. The number of amides is 1. The zero-order chi connectivity index (χ0) is 25.3. The molecule has 9 nitrogen and oxygen atoms in total. The number of carbonyl (C=O) groups is 1. The number of hydrogen-bond donors (Lipinski definition) is 1. The summed E-state index contributed by atoms with van der Waals surface area (Å²) < 4.78 is 29.8. The first-order chi connectivity index (χ1) is 17.3. The maximum Gasteiger partial charge on any atom is 0.263 e. The van der Waals surface area contributed by atoms with Crippen LogP contribution in [0.4, 0.5) is 11.5 Å². The fourth-order valence-corrected chi connectivity index (χ4v) is 5.69. The van der Waals surface area contributed by atoms with Crippen molar-refractivity contribution in [3.05, 3.63) is 78.9 Å². The third-order valence-corrected chi connectivity index (χ3v) is 8.01. The van der Waals surface area contributed by atoms with Crippen molar-refractivity contribution >= 4 is 38.3 Å². The number of hydrogen-bond acceptors (Lipinski definition) is 6. The van der Waals surface area contributed by atoms with Gasteiger partial charge in [0.25, 0.3) is 10.0 Å². The molecule has 1 aliphatic heterocycles. The number of piperazine rings is 1. The highest BCUT2D eigenvalue weighted by Gasteiger charge is 2.27. The molecule has 1 saturated heterocycles. The van der Waals surface area contributed by atoms with Crippen molar-refractivity contribution in [2.45, 2.75) is 24.8 Å². The quantitative estimate of drug-likeness (QED) is 0.428. The lowest BCUT2D eigenvalue weighted by atomic mass is 10.1. The number of aromatic nitrogens is 3. The number of carbonyl (C=O) groups excluding carboxylic acids is 1. The van der Waals surface area contributed by atoms with Crippen LogP contribution in [0.15, 0.2) is 78.2 Å². The SMILES string of the molecule is Cc1cccc2ccn(C(C)C(=O)N3CCN(c4ccc(S(=O)(=O)Nc5ccncn5)cc4)CC3)c12.[HH]. The predicted octanol–water partition coefficient (Wildman–Crippen LogP) is 3.70. The summed E-state index contributed by atoms with van der Waals surface area (Å²) in [7, 11) is -3.74. The van der Waals surface area contributed by atoms with Gasteiger partial charge in [-0.2, -0.15) is 0 Å². The molecule has 1 unspecified atom stereocenters. The largest absolute Gasteiger partial charge is 0.368 e. The minimum Gasteiger partial charge on any atom is -0.368 e. The Morgan fingerprint density at radius 2 is 1.78 bits per heavy atom. The molecular formula is C26H30N6O3S. The molecule has 1 amide bonds. The zero-order valence-corrected chi connectivity index (χ0v) is 21.0. The number of benzene rings is 2. The average Bonchev–Trinajstić information content (AvgIpc) is 3.34. The molecule has 2 aromatic heterocycles. The minimum absolute atomic E-state index is 0. The monoisotopic (exact) mass is 506 g/mol. The van der Waals surface area contributed by atoms with Crippen LogP contribution < -0.4 is 9.62 Å². The Hall–Kier alpha value is -3.92. The van der Waals surface area contributed by atoms with Gasteiger partial charge in [-0.1, -0.05) is 18.2 Å². The Balaban J connectivity index is 0.00000320. The Morgan fingerprint density at radius 3 is 2.47 bits per heavy atom. The van der Waals surface area contributed by atoms with Crippen molar-refractivity contribution in [3.63, 3.8) is 0 Å². The molecule has 36 heavy (non-hydrogen) atoms. The van der Waals surface area contributed by atoms with Gasteiger partial charge in [0.1, 0.15) is 18.2 Å². The lowest BCUT2D eigenvalue weighted by Crippen LogP contribution is -2.50. The van der Waals surface area contributed by atoms with Gasteiger partial charge in [-0.05, 0) is 61.2 Å². The fourth-order valence-electron chi connectivity index (χ4n) is 4.68. The molecule has 4 aromatic rings. The third kappa shape index (κ3) is 4.64. The normalized spacial score (nSPS) is 15.2. The molecule has 2 aromatic carbocycles. The van der Waals surface area contributed by atoms with E-state index in [1.54, 1.807) is 24.3 Å². The second-order valence-corrected chi connectivity index (χ2v) is 10.6. The molecule has 0 radical (unpaired) electrons. The zero-order valence-electron chi connectivity index (χ0n) is 20.2. The highest BCUT2D eigenvalue weighted by molar-refractivity contribution is 7.92. The summed E-state index contributed by atoms with van der Waals surface area (Å²) in [6, 6.07) is 16.2. The number of nitrogens with one attached hydrogen (secondary N) is 1. The summed E-state index contributed by atoms with van der Waals surface area (Å²) in [6.07, 6.45) is 4.75. The molecule has 1 aliphatic rings. The van der Waals surface area contributed by atoms with Crippen LogP contribution in [0.3, 0.4) is 0 Å². The van der Waals surface area contributed by atoms with Crippen LogP contribution in [0.2, 0.25) is 0 Å². The van der Waals surface area contributed by atoms with Crippen LogP contribution in [0, 0.1) is 6.92 Å². The number of sulfonamides is 1. The van der Waals surface area contributed by atoms with E-state index in [2.05, 4.69) is 49.3 Å². The average molecular weight is 507 g/mol. The molecule has 188 valence electrons. The van der Waals surface area contributed by atoms with Crippen LogP contribution in [0.1, 0.15) is 20.0 Å². The van der Waals surface area contributed by atoms with Crippen molar-refractivity contribution in [2.75, 3.05) is 35.8 Å². The van der Waals surface area contributed by atoms with Crippen LogP contribution in [-0.4, -0.2) is 59.9 Å². The van der Waals surface area contributed by atoms with E-state index in [1.165, 1.54) is 18.6 Å². The molecule has 0 bridgehead atoms. The van der Waals surface area contributed by atoms with Gasteiger partial charge in [-0.3, -0.25) is 9.52 Å². The Kier molecular flexibility index (Phi) is 6.36. The highest BCUT2D eigenvalue weighted by atomic mass is 32.2. The molecular weight excluding hydrogens is 476 g/mol. The van der Waals surface area contributed by atoms with Gasteiger partial charge in [-0.25, -0.2) is 18.4 Å². The summed E-state index contributed by atoms with van der Waals surface area (Å²) in [5.74, 6) is 0.319. The molecule has 3 heterocycles. The number of para-hydroxylation sites is 1. The second-order valence-electron chi connectivity index (χ2n) is 8.92. The van der Waals surface area contributed by atoms with E-state index in [0.29, 0.717) is 26.2 Å². The van der Waals surface area contributed by atoms with Crippen LogP contribution in [0.25, 0.3) is 10.9 Å². The second kappa shape index (κ2) is 9.62. The number of fused-ring (bicyclic) bond motifs is 1. The summed E-state index contributed by atoms with van der Waals surface area (Å²) in [5, 5.41) is 1.14. The molecule has 1 fully saturated rings. The summed E-state index contributed by atoms with van der Waals surface area (Å²) in [4.78, 5) is 25.2. The lowest BCUT2D eigenvalue weighted by molar-refractivity contribution is -0.134. The first-order valence-corrected chi connectivity index (χ1v) is 13.3. The molecule has 1 atom stereocenters. The van der Waals surface area contributed by atoms with E-state index >= 15 is 0 Å². The van der Waals surface area contributed by atoms with E-state index in [0.717, 1.165) is 22.2 Å². The Morgan fingerprint density at radius 1 is 1.03 bits per heavy atom. The predicted molar refractivity (Wildman–Crippen MR) is 142 cm³/mol. The van der Waals surface area contributed by atoms with Crippen molar-refractivity contribution in [2.24, 2.45) is 0 Å². The molecule has 1 N–H and O–H groups in total. The molecule has 5 rings (SSSR count). The highest BCUT2D eigenvalue weighted by Crippen LogP contribution is 2.26. The van der Waals surface area contributed by atoms with E-state index in [-0.39, 0.29) is 24.1 Å². The van der Waals surface area contributed by atoms with Crippen LogP contribution in [-0.2, 0) is 14.8 Å². The first kappa shape index (κ1) is 23.8. The lowest BCUT2D eigenvalue weighted by Gasteiger charge is -2.37. The van der Waals surface area contributed by atoms with Gasteiger partial charge in [0.15, 0.2) is 0 Å². The van der Waals surface area contributed by atoms with Gasteiger partial charge in [0.05, 0.1) is 10.4 Å². The summed E-state index contributed by atoms with van der Waals surface area (Å²) in [5.41, 5.74) is 3.17. The minimum atomic E-state index is -3.74. The van der Waals surface area contributed by atoms with E-state index in [1.807, 2.05) is 24.1 Å². The number of rotatable bonds is 6. The number of nitrogens with zero attached hydrogens (tertiary/aromatic N) is 5. The fraction of sp³-hybridized carbons (Fsp3) is 0.269. The van der Waals surface area contributed by atoms with Gasteiger partial charge >= 0.3 is 0 Å². The van der Waals surface area contributed by atoms with Crippen molar-refractivity contribution in [1.29, 1.82) is 0 Å². The van der Waals surface area contributed by atoms with Crippen molar-refractivity contribution in [3.8, 4) is 0 Å². The van der Waals surface area contributed by atoms with Gasteiger partial charge in [-0.15, -0.1) is 0 Å². The number of anilines is 2. The summed E-state index contributed by atoms with van der Waals surface area (Å²) >= 11 is 0. The Labute approximate surface area is 211 Å². The topological polar surface area (TPSA) is 100 Å². The Bertz CT molecular complexity index is 1480. The first-order valence-electron chi connectivity index (χ1n) is 11.8.